The number of benzene rings is 3. The van der Waals surface area contributed by atoms with Crippen molar-refractivity contribution >= 4 is 16.9 Å². The number of carbonyl (C=O) groups is 1. The third-order valence-corrected chi connectivity index (χ3v) is 4.63. The van der Waals surface area contributed by atoms with E-state index in [2.05, 4.69) is 0 Å². The van der Waals surface area contributed by atoms with Crippen LogP contribution in [0.3, 0.4) is 0 Å². The van der Waals surface area contributed by atoms with E-state index in [1.54, 1.807) is 79.9 Å². The van der Waals surface area contributed by atoms with Crippen LogP contribution in [0.2, 0.25) is 0 Å². The Morgan fingerprint density at radius 3 is 2.03 bits per heavy atom. The maximum Gasteiger partial charge on any atom is 0.343 e. The average Bonchev–Trinajstić information content (AvgIpc) is 2.81. The van der Waals surface area contributed by atoms with Gasteiger partial charge >= 0.3 is 5.97 Å². The molecule has 0 amide bonds. The Labute approximate surface area is 172 Å². The van der Waals surface area contributed by atoms with Gasteiger partial charge in [-0.25, -0.2) is 4.79 Å². The lowest BCUT2D eigenvalue weighted by Gasteiger charge is -2.11. The Balaban J connectivity index is 1.82. The van der Waals surface area contributed by atoms with Crippen molar-refractivity contribution in [1.29, 1.82) is 0 Å². The molecule has 6 heteroatoms. The van der Waals surface area contributed by atoms with Gasteiger partial charge in [0.2, 0.25) is 11.2 Å². The standard InChI is InChI=1S/C24H18O6/c1-27-17-11-7-15(8-12-17)22-23(21(25)19-5-3-4-6-20(19)29-22)30-24(26)16-9-13-18(28-2)14-10-16/h3-14H,1-2H3. The number of methoxy groups -OCH3 is 2. The third-order valence-electron chi connectivity index (χ3n) is 4.63. The van der Waals surface area contributed by atoms with Gasteiger partial charge in [0, 0.05) is 5.56 Å². The van der Waals surface area contributed by atoms with Gasteiger partial charge in [-0.05, 0) is 60.7 Å². The van der Waals surface area contributed by atoms with Gasteiger partial charge in [-0.3, -0.25) is 4.79 Å². The van der Waals surface area contributed by atoms with Crippen molar-refractivity contribution in [2.45, 2.75) is 0 Å². The van der Waals surface area contributed by atoms with Crippen LogP contribution >= 0.6 is 0 Å². The first-order valence-corrected chi connectivity index (χ1v) is 9.17. The second-order valence-corrected chi connectivity index (χ2v) is 6.43. The van der Waals surface area contributed by atoms with E-state index in [1.807, 2.05) is 0 Å². The van der Waals surface area contributed by atoms with Crippen molar-refractivity contribution < 1.29 is 23.4 Å². The molecule has 0 aliphatic rings. The van der Waals surface area contributed by atoms with Crippen LogP contribution in [0.15, 0.2) is 82.0 Å². The van der Waals surface area contributed by atoms with Gasteiger partial charge in [0.15, 0.2) is 5.76 Å². The second kappa shape index (κ2) is 8.13. The van der Waals surface area contributed by atoms with Crippen LogP contribution in [0.4, 0.5) is 0 Å². The zero-order chi connectivity index (χ0) is 21.1. The summed E-state index contributed by atoms with van der Waals surface area (Å²) in [5.41, 5.74) is 0.835. The number of carbonyl (C=O) groups excluding carboxylic acids is 1. The van der Waals surface area contributed by atoms with E-state index in [0.29, 0.717) is 28.0 Å². The molecule has 150 valence electrons. The number of ether oxygens (including phenoxy) is 3. The molecule has 0 aliphatic heterocycles. The third kappa shape index (κ3) is 3.63. The summed E-state index contributed by atoms with van der Waals surface area (Å²) in [6, 6.07) is 20.2. The summed E-state index contributed by atoms with van der Waals surface area (Å²) in [5.74, 6) is 0.590. The summed E-state index contributed by atoms with van der Waals surface area (Å²) < 4.78 is 21.8. The van der Waals surface area contributed by atoms with Crippen molar-refractivity contribution in [3.05, 3.63) is 88.6 Å². The van der Waals surface area contributed by atoms with Gasteiger partial charge in [-0.1, -0.05) is 12.1 Å². The molecular formula is C24H18O6. The van der Waals surface area contributed by atoms with Crippen LogP contribution in [-0.2, 0) is 0 Å². The molecule has 4 rings (SSSR count). The Morgan fingerprint density at radius 1 is 0.800 bits per heavy atom. The van der Waals surface area contributed by atoms with Crippen LogP contribution in [0.1, 0.15) is 10.4 Å². The summed E-state index contributed by atoms with van der Waals surface area (Å²) in [6.07, 6.45) is 0. The lowest BCUT2D eigenvalue weighted by Crippen LogP contribution is -2.16. The molecule has 30 heavy (non-hydrogen) atoms. The summed E-state index contributed by atoms with van der Waals surface area (Å²) in [6.45, 7) is 0. The number of rotatable bonds is 5. The Bertz CT molecular complexity index is 1250. The molecule has 0 bridgehead atoms. The fourth-order valence-electron chi connectivity index (χ4n) is 3.03. The van der Waals surface area contributed by atoms with E-state index in [0.717, 1.165) is 0 Å². The molecule has 1 aromatic heterocycles. The van der Waals surface area contributed by atoms with Crippen molar-refractivity contribution in [1.82, 2.24) is 0 Å². The zero-order valence-electron chi connectivity index (χ0n) is 16.4. The predicted octanol–water partition coefficient (Wildman–Crippen LogP) is 4.70. The highest BCUT2D eigenvalue weighted by atomic mass is 16.5. The summed E-state index contributed by atoms with van der Waals surface area (Å²) in [4.78, 5) is 25.9. The topological polar surface area (TPSA) is 75.0 Å². The van der Waals surface area contributed by atoms with Crippen LogP contribution in [-0.4, -0.2) is 20.2 Å². The van der Waals surface area contributed by atoms with E-state index in [4.69, 9.17) is 18.6 Å². The van der Waals surface area contributed by atoms with E-state index < -0.39 is 11.4 Å². The van der Waals surface area contributed by atoms with E-state index in [-0.39, 0.29) is 17.1 Å². The molecule has 4 aromatic rings. The maximum atomic E-state index is 13.1. The fourth-order valence-corrected chi connectivity index (χ4v) is 3.03. The summed E-state index contributed by atoms with van der Waals surface area (Å²) in [7, 11) is 3.10. The quantitative estimate of drug-likeness (QED) is 0.451. The molecular weight excluding hydrogens is 384 g/mol. The molecule has 6 nitrogen and oxygen atoms in total. The van der Waals surface area contributed by atoms with Crippen LogP contribution in [0.25, 0.3) is 22.3 Å². The minimum atomic E-state index is -0.671. The normalized spacial score (nSPS) is 10.6. The average molecular weight is 402 g/mol. The molecule has 0 fully saturated rings. The van der Waals surface area contributed by atoms with Gasteiger partial charge in [0.1, 0.15) is 17.1 Å². The summed E-state index contributed by atoms with van der Waals surface area (Å²) >= 11 is 0. The molecule has 0 saturated heterocycles. The van der Waals surface area contributed by atoms with Gasteiger partial charge in [0.05, 0.1) is 25.2 Å². The number of para-hydroxylation sites is 1. The highest BCUT2D eigenvalue weighted by Gasteiger charge is 2.21. The van der Waals surface area contributed by atoms with Gasteiger partial charge in [-0.15, -0.1) is 0 Å². The minimum absolute atomic E-state index is 0.167. The number of hydrogen-bond acceptors (Lipinski definition) is 6. The molecule has 0 saturated carbocycles. The molecule has 0 radical (unpaired) electrons. The lowest BCUT2D eigenvalue weighted by molar-refractivity contribution is 0.0731. The van der Waals surface area contributed by atoms with Crippen LogP contribution in [0.5, 0.6) is 17.2 Å². The Hall–Kier alpha value is -4.06. The first-order chi connectivity index (χ1) is 14.6. The zero-order valence-corrected chi connectivity index (χ0v) is 16.4. The van der Waals surface area contributed by atoms with Gasteiger partial charge < -0.3 is 18.6 Å². The fraction of sp³-hybridized carbons (Fsp3) is 0.0833. The molecule has 0 atom stereocenters. The lowest BCUT2D eigenvalue weighted by atomic mass is 10.1. The SMILES string of the molecule is COc1ccc(C(=O)Oc2c(-c3ccc(OC)cc3)oc3ccccc3c2=O)cc1. The first-order valence-electron chi connectivity index (χ1n) is 9.17. The monoisotopic (exact) mass is 402 g/mol. The number of fused-ring (bicyclic) bond motifs is 1. The van der Waals surface area contributed by atoms with Crippen molar-refractivity contribution in [2.24, 2.45) is 0 Å². The smallest absolute Gasteiger partial charge is 0.343 e. The largest absolute Gasteiger partial charge is 0.497 e. The molecule has 0 aliphatic carbocycles. The molecule has 0 unspecified atom stereocenters. The molecule has 0 spiro atoms. The van der Waals surface area contributed by atoms with Crippen molar-refractivity contribution in [3.8, 4) is 28.6 Å². The first kappa shape index (κ1) is 19.3. The van der Waals surface area contributed by atoms with Gasteiger partial charge in [0.25, 0.3) is 0 Å². The van der Waals surface area contributed by atoms with E-state index >= 15 is 0 Å². The Morgan fingerprint density at radius 2 is 1.40 bits per heavy atom. The number of hydrogen-bond donors (Lipinski definition) is 0. The number of esters is 1. The van der Waals surface area contributed by atoms with E-state index in [9.17, 15) is 9.59 Å². The second-order valence-electron chi connectivity index (χ2n) is 6.43. The minimum Gasteiger partial charge on any atom is -0.497 e. The molecule has 1 heterocycles. The predicted molar refractivity (Wildman–Crippen MR) is 112 cm³/mol. The van der Waals surface area contributed by atoms with Crippen molar-refractivity contribution in [3.63, 3.8) is 0 Å². The maximum absolute atomic E-state index is 13.1. The van der Waals surface area contributed by atoms with E-state index in [1.165, 1.54) is 7.11 Å². The van der Waals surface area contributed by atoms with Crippen LogP contribution in [0, 0.1) is 0 Å². The van der Waals surface area contributed by atoms with Crippen molar-refractivity contribution in [2.75, 3.05) is 14.2 Å². The Kier molecular flexibility index (Phi) is 5.22. The highest BCUT2D eigenvalue weighted by Crippen LogP contribution is 2.32. The van der Waals surface area contributed by atoms with Crippen LogP contribution < -0.4 is 19.6 Å². The summed E-state index contributed by atoms with van der Waals surface area (Å²) in [5, 5.41) is 0.326. The highest BCUT2D eigenvalue weighted by molar-refractivity contribution is 5.93. The molecule has 0 N–H and O–H groups in total. The molecule has 3 aromatic carbocycles. The van der Waals surface area contributed by atoms with Gasteiger partial charge in [-0.2, -0.15) is 0 Å².